The highest BCUT2D eigenvalue weighted by Gasteiger charge is 2.13. The number of anilines is 1. The summed E-state index contributed by atoms with van der Waals surface area (Å²) in [7, 11) is 0. The largest absolute Gasteiger partial charge is 0.471 e. The molecule has 4 rings (SSSR count). The molecule has 0 spiro atoms. The van der Waals surface area contributed by atoms with Gasteiger partial charge in [0.25, 0.3) is 5.56 Å². The molecule has 12 heteroatoms. The van der Waals surface area contributed by atoms with Crippen molar-refractivity contribution in [2.75, 3.05) is 5.43 Å². The molecule has 0 aliphatic rings. The third-order valence-electron chi connectivity index (χ3n) is 4.51. The number of benzene rings is 2. The molecule has 168 valence electrons. The molecule has 0 aliphatic carbocycles. The Morgan fingerprint density at radius 2 is 2.09 bits per heavy atom. The van der Waals surface area contributed by atoms with E-state index in [2.05, 4.69) is 25.6 Å². The quantitative estimate of drug-likeness (QED) is 0.232. The monoisotopic (exact) mass is 456 g/mol. The molecule has 0 unspecified atom stereocenters. The normalized spacial score (nSPS) is 10.7. The summed E-state index contributed by atoms with van der Waals surface area (Å²) < 4.78 is 6.90. The SMILES string of the molecule is N#Cc1c(-c2ccccc2)nc(NN=Cc2cccc(OCn3cc([N+](=O)[O-])cn3)c2)[nH]c1=O. The van der Waals surface area contributed by atoms with E-state index in [1.54, 1.807) is 48.5 Å². The zero-order valence-electron chi connectivity index (χ0n) is 17.5. The van der Waals surface area contributed by atoms with Crippen LogP contribution in [0.5, 0.6) is 5.75 Å². The van der Waals surface area contributed by atoms with Crippen LogP contribution in [0, 0.1) is 21.4 Å². The number of aromatic nitrogens is 4. The first-order valence-corrected chi connectivity index (χ1v) is 9.82. The second-order valence-electron chi connectivity index (χ2n) is 6.83. The Labute approximate surface area is 191 Å². The highest BCUT2D eigenvalue weighted by atomic mass is 16.6. The number of aromatic amines is 1. The van der Waals surface area contributed by atoms with E-state index in [0.29, 0.717) is 16.9 Å². The smallest absolute Gasteiger partial charge is 0.307 e. The minimum atomic E-state index is -0.580. The van der Waals surface area contributed by atoms with Crippen molar-refractivity contribution in [2.24, 2.45) is 5.10 Å². The molecular weight excluding hydrogens is 440 g/mol. The highest BCUT2D eigenvalue weighted by Crippen LogP contribution is 2.19. The van der Waals surface area contributed by atoms with Crippen molar-refractivity contribution in [1.29, 1.82) is 5.26 Å². The van der Waals surface area contributed by atoms with E-state index in [0.717, 1.165) is 6.20 Å². The van der Waals surface area contributed by atoms with Gasteiger partial charge in [-0.05, 0) is 17.7 Å². The minimum Gasteiger partial charge on any atom is -0.471 e. The third-order valence-corrected chi connectivity index (χ3v) is 4.51. The summed E-state index contributed by atoms with van der Waals surface area (Å²) in [5.74, 6) is 0.574. The maximum atomic E-state index is 12.3. The van der Waals surface area contributed by atoms with Gasteiger partial charge < -0.3 is 4.74 Å². The van der Waals surface area contributed by atoms with E-state index in [-0.39, 0.29) is 29.6 Å². The van der Waals surface area contributed by atoms with Crippen LogP contribution in [0.4, 0.5) is 11.6 Å². The number of nitrogens with one attached hydrogen (secondary N) is 2. The molecule has 0 saturated heterocycles. The van der Waals surface area contributed by atoms with Crippen molar-refractivity contribution in [3.8, 4) is 23.1 Å². The van der Waals surface area contributed by atoms with Gasteiger partial charge in [0.2, 0.25) is 5.95 Å². The van der Waals surface area contributed by atoms with Crippen molar-refractivity contribution in [1.82, 2.24) is 19.7 Å². The lowest BCUT2D eigenvalue weighted by molar-refractivity contribution is -0.385. The van der Waals surface area contributed by atoms with Gasteiger partial charge in [0.05, 0.1) is 16.8 Å². The van der Waals surface area contributed by atoms with Crippen molar-refractivity contribution >= 4 is 17.9 Å². The number of hydrogen-bond acceptors (Lipinski definition) is 9. The Hall–Kier alpha value is -5.31. The number of nitriles is 1. The van der Waals surface area contributed by atoms with Gasteiger partial charge >= 0.3 is 5.69 Å². The van der Waals surface area contributed by atoms with Gasteiger partial charge in [-0.15, -0.1) is 0 Å². The maximum absolute atomic E-state index is 12.3. The molecule has 12 nitrogen and oxygen atoms in total. The van der Waals surface area contributed by atoms with Gasteiger partial charge in [-0.25, -0.2) is 15.1 Å². The predicted octanol–water partition coefficient (Wildman–Crippen LogP) is 2.90. The molecule has 2 aromatic carbocycles. The molecule has 0 atom stereocenters. The Morgan fingerprint density at radius 3 is 2.82 bits per heavy atom. The Morgan fingerprint density at radius 1 is 1.26 bits per heavy atom. The van der Waals surface area contributed by atoms with Crippen LogP contribution in [0.3, 0.4) is 0 Å². The first kappa shape index (κ1) is 21.9. The van der Waals surface area contributed by atoms with Crippen molar-refractivity contribution < 1.29 is 9.66 Å². The zero-order chi connectivity index (χ0) is 23.9. The van der Waals surface area contributed by atoms with Gasteiger partial charge in [-0.3, -0.25) is 19.9 Å². The first-order chi connectivity index (χ1) is 16.5. The van der Waals surface area contributed by atoms with E-state index in [1.807, 2.05) is 12.1 Å². The molecule has 2 N–H and O–H groups in total. The van der Waals surface area contributed by atoms with Crippen LogP contribution in [0.1, 0.15) is 11.1 Å². The summed E-state index contributed by atoms with van der Waals surface area (Å²) >= 11 is 0. The zero-order valence-corrected chi connectivity index (χ0v) is 17.5. The molecule has 0 amide bonds. The van der Waals surface area contributed by atoms with Crippen LogP contribution in [-0.4, -0.2) is 30.9 Å². The molecule has 0 fully saturated rings. The van der Waals surface area contributed by atoms with E-state index < -0.39 is 10.5 Å². The number of H-pyrrole nitrogens is 1. The average Bonchev–Trinajstić information content (AvgIpc) is 3.33. The third kappa shape index (κ3) is 5.11. The summed E-state index contributed by atoms with van der Waals surface area (Å²) in [5.41, 5.74) is 3.42. The summed E-state index contributed by atoms with van der Waals surface area (Å²) in [6.07, 6.45) is 3.90. The van der Waals surface area contributed by atoms with Crippen LogP contribution < -0.4 is 15.7 Å². The van der Waals surface area contributed by atoms with Gasteiger partial charge in [-0.2, -0.15) is 15.5 Å². The molecular formula is C22H16N8O4. The number of nitrogens with zero attached hydrogens (tertiary/aromatic N) is 6. The minimum absolute atomic E-state index is 0.00858. The van der Waals surface area contributed by atoms with Crippen LogP contribution in [0.15, 0.2) is 76.9 Å². The number of hydrazone groups is 1. The molecule has 34 heavy (non-hydrogen) atoms. The summed E-state index contributed by atoms with van der Waals surface area (Å²) in [4.78, 5) is 29.3. The molecule has 4 aromatic rings. The Kier molecular flexibility index (Phi) is 6.36. The average molecular weight is 456 g/mol. The van der Waals surface area contributed by atoms with Crippen molar-refractivity contribution in [3.63, 3.8) is 0 Å². The fraction of sp³-hybridized carbons (Fsp3) is 0.0455. The molecule has 2 heterocycles. The van der Waals surface area contributed by atoms with E-state index in [1.165, 1.54) is 17.1 Å². The first-order valence-electron chi connectivity index (χ1n) is 9.82. The summed E-state index contributed by atoms with van der Waals surface area (Å²) in [6.45, 7) is -0.00858. The number of rotatable bonds is 8. The second kappa shape index (κ2) is 9.88. The van der Waals surface area contributed by atoms with Crippen LogP contribution in [0.2, 0.25) is 0 Å². The van der Waals surface area contributed by atoms with E-state index in [4.69, 9.17) is 4.74 Å². The maximum Gasteiger partial charge on any atom is 0.307 e. The molecule has 0 radical (unpaired) electrons. The van der Waals surface area contributed by atoms with Crippen LogP contribution in [-0.2, 0) is 6.73 Å². The lowest BCUT2D eigenvalue weighted by atomic mass is 10.1. The molecule has 0 bridgehead atoms. The summed E-state index contributed by atoms with van der Waals surface area (Å²) in [5, 5.41) is 28.0. The fourth-order valence-corrected chi connectivity index (χ4v) is 2.95. The van der Waals surface area contributed by atoms with Crippen molar-refractivity contribution in [2.45, 2.75) is 6.73 Å². The van der Waals surface area contributed by atoms with Crippen LogP contribution >= 0.6 is 0 Å². The summed E-state index contributed by atoms with van der Waals surface area (Å²) in [6, 6.07) is 17.7. The number of nitro groups is 1. The van der Waals surface area contributed by atoms with E-state index >= 15 is 0 Å². The lowest BCUT2D eigenvalue weighted by Gasteiger charge is -2.07. The fourth-order valence-electron chi connectivity index (χ4n) is 2.95. The standard InChI is InChI=1S/C22H16N8O4/c23-10-19-20(16-6-2-1-3-7-16)26-22(27-21(19)31)28-24-11-15-5-4-8-18(9-15)34-14-29-13-17(12-25-29)30(32)33/h1-9,11-13H,14H2,(H2,26,27,28,31). The Bertz CT molecular complexity index is 1450. The van der Waals surface area contributed by atoms with E-state index in [9.17, 15) is 20.2 Å². The molecule has 0 aliphatic heterocycles. The highest BCUT2D eigenvalue weighted by molar-refractivity contribution is 5.80. The van der Waals surface area contributed by atoms with Crippen LogP contribution in [0.25, 0.3) is 11.3 Å². The van der Waals surface area contributed by atoms with Gasteiger partial charge in [0, 0.05) is 5.56 Å². The number of hydrogen-bond donors (Lipinski definition) is 2. The number of ether oxygens (including phenoxy) is 1. The predicted molar refractivity (Wildman–Crippen MR) is 122 cm³/mol. The van der Waals surface area contributed by atoms with Gasteiger partial charge in [-0.1, -0.05) is 42.5 Å². The second-order valence-corrected chi connectivity index (χ2v) is 6.83. The Balaban J connectivity index is 1.45. The van der Waals surface area contributed by atoms with Crippen molar-refractivity contribution in [3.05, 3.63) is 98.6 Å². The van der Waals surface area contributed by atoms with Gasteiger partial charge in [0.1, 0.15) is 29.8 Å². The lowest BCUT2D eigenvalue weighted by Crippen LogP contribution is -2.16. The van der Waals surface area contributed by atoms with Gasteiger partial charge in [0.15, 0.2) is 6.73 Å². The molecule has 0 saturated carbocycles. The molecule has 2 aromatic heterocycles. The topological polar surface area (TPSA) is 164 Å².